The molecule has 0 bridgehead atoms. The fourth-order valence-corrected chi connectivity index (χ4v) is 1.94. The van der Waals surface area contributed by atoms with Crippen LogP contribution in [0.15, 0.2) is 22.7 Å². The van der Waals surface area contributed by atoms with E-state index < -0.39 is 23.8 Å². The fraction of sp³-hybridized carbons (Fsp3) is 0.333. The number of amides is 1. The average Bonchev–Trinajstić information content (AvgIpc) is 2.33. The number of carboxylic acids is 1. The molecule has 7 heteroatoms. The predicted octanol–water partition coefficient (Wildman–Crippen LogP) is 1.81. The highest BCUT2D eigenvalue weighted by molar-refractivity contribution is 9.10. The van der Waals surface area contributed by atoms with Gasteiger partial charge in [-0.2, -0.15) is 0 Å². The van der Waals surface area contributed by atoms with Crippen molar-refractivity contribution in [3.05, 3.63) is 34.1 Å². The van der Waals surface area contributed by atoms with Crippen LogP contribution in [0.1, 0.15) is 16.8 Å². The number of carbonyl (C=O) groups is 2. The SMILES string of the molecule is COC(CNC(=O)c1ccc(F)cc1Br)CC(=O)O. The minimum Gasteiger partial charge on any atom is -0.481 e. The fourth-order valence-electron chi connectivity index (χ4n) is 1.41. The monoisotopic (exact) mass is 333 g/mol. The van der Waals surface area contributed by atoms with Crippen molar-refractivity contribution in [3.8, 4) is 0 Å². The van der Waals surface area contributed by atoms with Crippen molar-refractivity contribution in [1.29, 1.82) is 0 Å². The summed E-state index contributed by atoms with van der Waals surface area (Å²) < 4.78 is 18.1. The summed E-state index contributed by atoms with van der Waals surface area (Å²) >= 11 is 3.09. The number of carboxylic acid groups (broad SMARTS) is 1. The van der Waals surface area contributed by atoms with Gasteiger partial charge < -0.3 is 15.2 Å². The number of methoxy groups -OCH3 is 1. The van der Waals surface area contributed by atoms with Crippen LogP contribution >= 0.6 is 15.9 Å². The van der Waals surface area contributed by atoms with Crippen molar-refractivity contribution in [2.45, 2.75) is 12.5 Å². The molecule has 2 N–H and O–H groups in total. The van der Waals surface area contributed by atoms with Crippen molar-refractivity contribution < 1.29 is 23.8 Å². The predicted molar refractivity (Wildman–Crippen MR) is 69.5 cm³/mol. The van der Waals surface area contributed by atoms with Crippen LogP contribution in [0.5, 0.6) is 0 Å². The zero-order valence-electron chi connectivity index (χ0n) is 10.2. The Kier molecular flexibility index (Phi) is 5.91. The molecule has 1 atom stereocenters. The minimum absolute atomic E-state index is 0.0610. The maximum absolute atomic E-state index is 12.9. The number of rotatable bonds is 6. The molecule has 0 aliphatic carbocycles. The third kappa shape index (κ3) is 4.96. The van der Waals surface area contributed by atoms with E-state index in [1.54, 1.807) is 0 Å². The van der Waals surface area contributed by atoms with Crippen molar-refractivity contribution in [2.24, 2.45) is 0 Å². The Morgan fingerprint density at radius 2 is 2.21 bits per heavy atom. The van der Waals surface area contributed by atoms with Crippen LogP contribution in [-0.2, 0) is 9.53 Å². The van der Waals surface area contributed by atoms with Gasteiger partial charge in [-0.1, -0.05) is 0 Å². The van der Waals surface area contributed by atoms with E-state index in [0.29, 0.717) is 4.47 Å². The van der Waals surface area contributed by atoms with Gasteiger partial charge in [-0.3, -0.25) is 9.59 Å². The molecule has 5 nitrogen and oxygen atoms in total. The van der Waals surface area contributed by atoms with Gasteiger partial charge in [-0.05, 0) is 34.1 Å². The number of hydrogen-bond acceptors (Lipinski definition) is 3. The summed E-state index contributed by atoms with van der Waals surface area (Å²) in [5.74, 6) is -1.90. The van der Waals surface area contributed by atoms with Crippen LogP contribution in [0.4, 0.5) is 4.39 Å². The zero-order chi connectivity index (χ0) is 14.4. The first-order valence-electron chi connectivity index (χ1n) is 5.42. The molecule has 1 aromatic rings. The third-order valence-corrected chi connectivity index (χ3v) is 3.06. The maximum atomic E-state index is 12.9. The van der Waals surface area contributed by atoms with Crippen molar-refractivity contribution in [2.75, 3.05) is 13.7 Å². The normalized spacial score (nSPS) is 11.9. The molecule has 1 unspecified atom stereocenters. The summed E-state index contributed by atoms with van der Waals surface area (Å²) in [6, 6.07) is 3.69. The van der Waals surface area contributed by atoms with E-state index >= 15 is 0 Å². The van der Waals surface area contributed by atoms with Crippen LogP contribution in [0.25, 0.3) is 0 Å². The van der Waals surface area contributed by atoms with E-state index in [2.05, 4.69) is 21.2 Å². The van der Waals surface area contributed by atoms with E-state index in [4.69, 9.17) is 9.84 Å². The Morgan fingerprint density at radius 1 is 1.53 bits per heavy atom. The number of hydrogen-bond donors (Lipinski definition) is 2. The van der Waals surface area contributed by atoms with Gasteiger partial charge in [0.1, 0.15) is 5.82 Å². The van der Waals surface area contributed by atoms with Crippen LogP contribution in [0.2, 0.25) is 0 Å². The highest BCUT2D eigenvalue weighted by Gasteiger charge is 2.15. The van der Waals surface area contributed by atoms with Gasteiger partial charge in [0.15, 0.2) is 0 Å². The second-order valence-corrected chi connectivity index (χ2v) is 4.64. The Bertz CT molecular complexity index is 481. The third-order valence-electron chi connectivity index (χ3n) is 2.40. The van der Waals surface area contributed by atoms with Crippen molar-refractivity contribution >= 4 is 27.8 Å². The number of benzene rings is 1. The van der Waals surface area contributed by atoms with E-state index in [1.807, 2.05) is 0 Å². The molecule has 0 heterocycles. The molecule has 104 valence electrons. The largest absolute Gasteiger partial charge is 0.481 e. The lowest BCUT2D eigenvalue weighted by molar-refractivity contribution is -0.139. The molecule has 0 fully saturated rings. The van der Waals surface area contributed by atoms with E-state index in [-0.39, 0.29) is 18.5 Å². The second kappa shape index (κ2) is 7.20. The number of nitrogens with one attached hydrogen (secondary N) is 1. The maximum Gasteiger partial charge on any atom is 0.306 e. The first kappa shape index (κ1) is 15.6. The molecular formula is C12H13BrFNO4. The number of aliphatic carboxylic acids is 1. The van der Waals surface area contributed by atoms with Gasteiger partial charge in [0.25, 0.3) is 5.91 Å². The van der Waals surface area contributed by atoms with Crippen LogP contribution < -0.4 is 5.32 Å². The van der Waals surface area contributed by atoms with Gasteiger partial charge in [-0.25, -0.2) is 4.39 Å². The van der Waals surface area contributed by atoms with Gasteiger partial charge in [0.2, 0.25) is 0 Å². The molecule has 0 aliphatic rings. The van der Waals surface area contributed by atoms with Gasteiger partial charge in [0.05, 0.1) is 18.1 Å². The van der Waals surface area contributed by atoms with Crippen molar-refractivity contribution in [3.63, 3.8) is 0 Å². The number of carbonyl (C=O) groups excluding carboxylic acids is 1. The van der Waals surface area contributed by atoms with Gasteiger partial charge in [-0.15, -0.1) is 0 Å². The molecule has 0 aromatic heterocycles. The lowest BCUT2D eigenvalue weighted by Crippen LogP contribution is -2.34. The molecule has 0 saturated heterocycles. The average molecular weight is 334 g/mol. The van der Waals surface area contributed by atoms with Crippen LogP contribution in [-0.4, -0.2) is 36.7 Å². The highest BCUT2D eigenvalue weighted by atomic mass is 79.9. The molecule has 19 heavy (non-hydrogen) atoms. The Morgan fingerprint density at radius 3 is 2.74 bits per heavy atom. The summed E-state index contributed by atoms with van der Waals surface area (Å²) in [6.07, 6.45) is -0.817. The Balaban J connectivity index is 2.61. The van der Waals surface area contributed by atoms with E-state index in [1.165, 1.54) is 25.3 Å². The van der Waals surface area contributed by atoms with Gasteiger partial charge >= 0.3 is 5.97 Å². The highest BCUT2D eigenvalue weighted by Crippen LogP contribution is 2.17. The topological polar surface area (TPSA) is 75.6 Å². The summed E-state index contributed by atoms with van der Waals surface area (Å²) in [5.41, 5.74) is 0.270. The molecule has 0 aliphatic heterocycles. The number of ether oxygens (including phenoxy) is 1. The number of halogens is 2. The molecule has 1 rings (SSSR count). The quantitative estimate of drug-likeness (QED) is 0.832. The summed E-state index contributed by atoms with van der Waals surface area (Å²) in [6.45, 7) is 0.0610. The summed E-state index contributed by atoms with van der Waals surface area (Å²) in [5, 5.41) is 11.2. The van der Waals surface area contributed by atoms with Crippen LogP contribution in [0.3, 0.4) is 0 Å². The Hall–Kier alpha value is -1.47. The van der Waals surface area contributed by atoms with Crippen molar-refractivity contribution in [1.82, 2.24) is 5.32 Å². The molecular weight excluding hydrogens is 321 g/mol. The summed E-state index contributed by atoms with van der Waals surface area (Å²) in [4.78, 5) is 22.3. The lowest BCUT2D eigenvalue weighted by atomic mass is 10.2. The second-order valence-electron chi connectivity index (χ2n) is 3.79. The zero-order valence-corrected chi connectivity index (χ0v) is 11.7. The minimum atomic E-state index is -1.01. The molecule has 1 amide bonds. The van der Waals surface area contributed by atoms with Crippen LogP contribution in [0, 0.1) is 5.82 Å². The molecule has 0 spiro atoms. The summed E-state index contributed by atoms with van der Waals surface area (Å²) in [7, 11) is 1.37. The first-order chi connectivity index (χ1) is 8.93. The molecule has 0 saturated carbocycles. The lowest BCUT2D eigenvalue weighted by Gasteiger charge is -2.14. The smallest absolute Gasteiger partial charge is 0.306 e. The van der Waals surface area contributed by atoms with E-state index in [0.717, 1.165) is 0 Å². The standard InChI is InChI=1S/C12H13BrFNO4/c1-19-8(5-11(16)17)6-15-12(18)9-3-2-7(14)4-10(9)13/h2-4,8H,5-6H2,1H3,(H,15,18)(H,16,17). The first-order valence-corrected chi connectivity index (χ1v) is 6.21. The van der Waals surface area contributed by atoms with E-state index in [9.17, 15) is 14.0 Å². The Labute approximate surface area is 117 Å². The molecule has 0 radical (unpaired) electrons. The van der Waals surface area contributed by atoms with Gasteiger partial charge in [0, 0.05) is 18.1 Å². The molecule has 1 aromatic carbocycles.